The molecular formula is C16H28N2O3. The fourth-order valence-corrected chi connectivity index (χ4v) is 3.07. The van der Waals surface area contributed by atoms with Crippen molar-refractivity contribution >= 4 is 12.0 Å². The molecule has 0 bridgehead atoms. The summed E-state index contributed by atoms with van der Waals surface area (Å²) >= 11 is 0. The Morgan fingerprint density at radius 1 is 1.19 bits per heavy atom. The number of rotatable bonds is 2. The van der Waals surface area contributed by atoms with E-state index in [9.17, 15) is 9.59 Å². The smallest absolute Gasteiger partial charge is 0.410 e. The molecule has 0 aromatic rings. The predicted molar refractivity (Wildman–Crippen MR) is 81.0 cm³/mol. The summed E-state index contributed by atoms with van der Waals surface area (Å²) in [6, 6.07) is 0. The van der Waals surface area contributed by atoms with Gasteiger partial charge >= 0.3 is 6.09 Å². The van der Waals surface area contributed by atoms with E-state index >= 15 is 0 Å². The van der Waals surface area contributed by atoms with Crippen molar-refractivity contribution < 1.29 is 14.3 Å². The number of carbonyl (C=O) groups is 2. The zero-order valence-corrected chi connectivity index (χ0v) is 13.6. The van der Waals surface area contributed by atoms with Crippen LogP contribution in [0.5, 0.6) is 0 Å². The van der Waals surface area contributed by atoms with Gasteiger partial charge in [-0.15, -0.1) is 0 Å². The van der Waals surface area contributed by atoms with Crippen LogP contribution in [-0.4, -0.2) is 53.6 Å². The van der Waals surface area contributed by atoms with Gasteiger partial charge in [-0.1, -0.05) is 19.3 Å². The molecule has 5 heteroatoms. The summed E-state index contributed by atoms with van der Waals surface area (Å²) < 4.78 is 5.33. The lowest BCUT2D eigenvalue weighted by atomic mass is 9.89. The van der Waals surface area contributed by atoms with Crippen LogP contribution in [0.3, 0.4) is 0 Å². The molecule has 1 saturated heterocycles. The Morgan fingerprint density at radius 2 is 1.86 bits per heavy atom. The van der Waals surface area contributed by atoms with E-state index in [0.29, 0.717) is 19.0 Å². The third kappa shape index (κ3) is 4.90. The van der Waals surface area contributed by atoms with Crippen molar-refractivity contribution in [2.45, 2.75) is 58.5 Å². The Hall–Kier alpha value is -1.26. The first-order valence-corrected chi connectivity index (χ1v) is 8.11. The molecule has 2 rings (SSSR count). The van der Waals surface area contributed by atoms with E-state index in [1.807, 2.05) is 25.7 Å². The minimum absolute atomic E-state index is 0.0534. The van der Waals surface area contributed by atoms with E-state index in [4.69, 9.17) is 4.74 Å². The molecule has 5 nitrogen and oxygen atoms in total. The van der Waals surface area contributed by atoms with Crippen LogP contribution in [0.25, 0.3) is 0 Å². The van der Waals surface area contributed by atoms with Crippen LogP contribution in [-0.2, 0) is 9.53 Å². The fourth-order valence-electron chi connectivity index (χ4n) is 3.07. The lowest BCUT2D eigenvalue weighted by Crippen LogP contribution is -2.54. The molecule has 2 amide bonds. The van der Waals surface area contributed by atoms with Crippen LogP contribution in [0, 0.1) is 5.92 Å². The number of hydrogen-bond acceptors (Lipinski definition) is 3. The Balaban J connectivity index is 1.81. The largest absolute Gasteiger partial charge is 0.444 e. The Kier molecular flexibility index (Phi) is 5.12. The molecule has 2 aliphatic rings. The average Bonchev–Trinajstić information content (AvgIpc) is 2.40. The Bertz CT molecular complexity index is 383. The minimum atomic E-state index is -0.515. The van der Waals surface area contributed by atoms with Gasteiger partial charge in [0.25, 0.3) is 0 Å². The summed E-state index contributed by atoms with van der Waals surface area (Å²) in [7, 11) is 0. The number of nitrogens with zero attached hydrogens (tertiary/aromatic N) is 2. The normalized spacial score (nSPS) is 21.6. The van der Waals surface area contributed by atoms with E-state index < -0.39 is 5.60 Å². The maximum atomic E-state index is 12.2. The van der Waals surface area contributed by atoms with Crippen LogP contribution >= 0.6 is 0 Å². The molecule has 21 heavy (non-hydrogen) atoms. The van der Waals surface area contributed by atoms with Crippen molar-refractivity contribution in [2.24, 2.45) is 5.92 Å². The lowest BCUT2D eigenvalue weighted by Gasteiger charge is -2.37. The number of carbonyl (C=O) groups excluding carboxylic acids is 2. The zero-order chi connectivity index (χ0) is 15.5. The molecule has 0 unspecified atom stereocenters. The van der Waals surface area contributed by atoms with E-state index in [0.717, 1.165) is 6.54 Å². The second kappa shape index (κ2) is 6.67. The predicted octanol–water partition coefficient (Wildman–Crippen LogP) is 2.65. The van der Waals surface area contributed by atoms with Crippen molar-refractivity contribution in [3.8, 4) is 0 Å². The molecule has 0 aromatic heterocycles. The van der Waals surface area contributed by atoms with Crippen molar-refractivity contribution in [2.75, 3.05) is 26.2 Å². The monoisotopic (exact) mass is 296 g/mol. The van der Waals surface area contributed by atoms with Crippen molar-refractivity contribution in [3.63, 3.8) is 0 Å². The van der Waals surface area contributed by atoms with Crippen molar-refractivity contribution in [3.05, 3.63) is 0 Å². The third-order valence-electron chi connectivity index (χ3n) is 4.17. The van der Waals surface area contributed by atoms with Gasteiger partial charge in [0.05, 0.1) is 0 Å². The van der Waals surface area contributed by atoms with E-state index in [1.54, 1.807) is 0 Å². The summed E-state index contributed by atoms with van der Waals surface area (Å²) in [5.74, 6) is 0.702. The van der Waals surface area contributed by atoms with Crippen molar-refractivity contribution in [1.82, 2.24) is 9.80 Å². The number of amides is 2. The summed E-state index contributed by atoms with van der Waals surface area (Å²) in [4.78, 5) is 27.7. The maximum Gasteiger partial charge on any atom is 0.410 e. The summed E-state index contributed by atoms with van der Waals surface area (Å²) in [6.07, 6.45) is 6.00. The number of hydrogen-bond donors (Lipinski definition) is 0. The highest BCUT2D eigenvalue weighted by molar-refractivity contribution is 5.83. The van der Waals surface area contributed by atoms with Crippen LogP contribution in [0.1, 0.15) is 52.9 Å². The first-order chi connectivity index (χ1) is 9.85. The second-order valence-corrected chi connectivity index (χ2v) is 7.25. The van der Waals surface area contributed by atoms with Gasteiger partial charge in [0.2, 0.25) is 5.91 Å². The Labute approximate surface area is 127 Å². The van der Waals surface area contributed by atoms with Gasteiger partial charge in [0.1, 0.15) is 12.1 Å². The molecular weight excluding hydrogens is 268 g/mol. The fraction of sp³-hybridized carbons (Fsp3) is 0.875. The molecule has 1 aliphatic heterocycles. The van der Waals surface area contributed by atoms with Gasteiger partial charge in [-0.05, 0) is 39.5 Å². The Morgan fingerprint density at radius 3 is 2.43 bits per heavy atom. The number of ether oxygens (including phenoxy) is 1. The van der Waals surface area contributed by atoms with Crippen molar-refractivity contribution in [1.29, 1.82) is 0 Å². The summed E-state index contributed by atoms with van der Waals surface area (Å²) in [5.41, 5.74) is -0.515. The van der Waals surface area contributed by atoms with Gasteiger partial charge in [-0.25, -0.2) is 4.79 Å². The average molecular weight is 296 g/mol. The standard InChI is InChI=1S/C16H28N2O3/c1-16(2,3)21-15(20)18-10-9-17(14(19)12-18)11-13-7-5-4-6-8-13/h13H,4-12H2,1-3H3. The highest BCUT2D eigenvalue weighted by Gasteiger charge is 2.31. The van der Waals surface area contributed by atoms with E-state index in [2.05, 4.69) is 0 Å². The lowest BCUT2D eigenvalue weighted by molar-refractivity contribution is -0.136. The first kappa shape index (κ1) is 16.1. The first-order valence-electron chi connectivity index (χ1n) is 8.11. The SMILES string of the molecule is CC(C)(C)OC(=O)N1CCN(CC2CCCCC2)C(=O)C1. The molecule has 0 N–H and O–H groups in total. The maximum absolute atomic E-state index is 12.2. The molecule has 1 saturated carbocycles. The van der Waals surface area contributed by atoms with Gasteiger partial charge < -0.3 is 9.64 Å². The molecule has 1 heterocycles. The van der Waals surface area contributed by atoms with Gasteiger partial charge in [0.15, 0.2) is 0 Å². The van der Waals surface area contributed by atoms with Gasteiger partial charge in [0, 0.05) is 19.6 Å². The number of piperazine rings is 1. The van der Waals surface area contributed by atoms with Gasteiger partial charge in [-0.3, -0.25) is 9.69 Å². The minimum Gasteiger partial charge on any atom is -0.444 e. The molecule has 1 aliphatic carbocycles. The second-order valence-electron chi connectivity index (χ2n) is 7.25. The van der Waals surface area contributed by atoms with Crippen LogP contribution in [0.15, 0.2) is 0 Å². The van der Waals surface area contributed by atoms with Crippen LogP contribution in [0.2, 0.25) is 0 Å². The molecule has 120 valence electrons. The molecule has 0 atom stereocenters. The van der Waals surface area contributed by atoms with Crippen LogP contribution < -0.4 is 0 Å². The zero-order valence-electron chi connectivity index (χ0n) is 13.6. The van der Waals surface area contributed by atoms with Crippen LogP contribution in [0.4, 0.5) is 4.79 Å². The van der Waals surface area contributed by atoms with Gasteiger partial charge in [-0.2, -0.15) is 0 Å². The third-order valence-corrected chi connectivity index (χ3v) is 4.17. The molecule has 2 fully saturated rings. The molecule has 0 aromatic carbocycles. The van der Waals surface area contributed by atoms with E-state index in [-0.39, 0.29) is 18.5 Å². The highest BCUT2D eigenvalue weighted by Crippen LogP contribution is 2.25. The summed E-state index contributed by atoms with van der Waals surface area (Å²) in [6.45, 7) is 7.74. The summed E-state index contributed by atoms with van der Waals surface area (Å²) in [5, 5.41) is 0. The topological polar surface area (TPSA) is 49.9 Å². The molecule has 0 radical (unpaired) electrons. The highest BCUT2D eigenvalue weighted by atomic mass is 16.6. The van der Waals surface area contributed by atoms with E-state index in [1.165, 1.54) is 37.0 Å². The quantitative estimate of drug-likeness (QED) is 0.787. The molecule has 0 spiro atoms.